The van der Waals surface area contributed by atoms with E-state index >= 15 is 0 Å². The topological polar surface area (TPSA) is 37.8 Å². The smallest absolute Gasteiger partial charge is 0.0724 e. The molecule has 0 spiro atoms. The molecule has 82 valence electrons. The summed E-state index contributed by atoms with van der Waals surface area (Å²) in [6.07, 6.45) is 6.25. The lowest BCUT2D eigenvalue weighted by Gasteiger charge is -2.22. The fourth-order valence-corrected chi connectivity index (χ4v) is 2.77. The van der Waals surface area contributed by atoms with Gasteiger partial charge in [0.25, 0.3) is 0 Å². The summed E-state index contributed by atoms with van der Waals surface area (Å²) in [5, 5.41) is 3.54. The van der Waals surface area contributed by atoms with Gasteiger partial charge in [-0.15, -0.1) is 0 Å². The van der Waals surface area contributed by atoms with Crippen LogP contribution in [0.15, 0.2) is 12.4 Å². The molecular weight excluding hydrogens is 206 g/mol. The number of hydrogen-bond donors (Lipinski definition) is 1. The Morgan fingerprint density at radius 3 is 2.80 bits per heavy atom. The van der Waals surface area contributed by atoms with Crippen LogP contribution in [0.4, 0.5) is 0 Å². The lowest BCUT2D eigenvalue weighted by atomic mass is 10.1. The van der Waals surface area contributed by atoms with Gasteiger partial charge in [0.05, 0.1) is 11.4 Å². The predicted molar refractivity (Wildman–Crippen MR) is 64.0 cm³/mol. The summed E-state index contributed by atoms with van der Waals surface area (Å²) in [5.74, 6) is 2.58. The van der Waals surface area contributed by atoms with Crippen LogP contribution in [0.2, 0.25) is 0 Å². The molecule has 1 aliphatic rings. The van der Waals surface area contributed by atoms with Crippen molar-refractivity contribution in [1.82, 2.24) is 15.3 Å². The SMILES string of the molecule is Cc1cnc(CNC2CCSCC2)cn1. The van der Waals surface area contributed by atoms with Gasteiger partial charge < -0.3 is 5.32 Å². The Bertz CT molecular complexity index is 293. The first-order valence-electron chi connectivity index (χ1n) is 5.43. The zero-order chi connectivity index (χ0) is 10.5. The van der Waals surface area contributed by atoms with Gasteiger partial charge in [-0.25, -0.2) is 0 Å². The van der Waals surface area contributed by atoms with E-state index in [-0.39, 0.29) is 0 Å². The zero-order valence-electron chi connectivity index (χ0n) is 9.07. The molecule has 2 rings (SSSR count). The molecule has 1 aromatic rings. The Labute approximate surface area is 95.1 Å². The normalized spacial score (nSPS) is 17.9. The van der Waals surface area contributed by atoms with Crippen molar-refractivity contribution in [2.24, 2.45) is 0 Å². The summed E-state index contributed by atoms with van der Waals surface area (Å²) in [6, 6.07) is 0.675. The third-order valence-corrected chi connectivity index (χ3v) is 3.68. The highest BCUT2D eigenvalue weighted by molar-refractivity contribution is 7.99. The van der Waals surface area contributed by atoms with E-state index in [1.54, 1.807) is 0 Å². The molecule has 0 amide bonds. The minimum atomic E-state index is 0.675. The van der Waals surface area contributed by atoms with Crippen LogP contribution < -0.4 is 5.32 Å². The molecule has 1 aromatic heterocycles. The largest absolute Gasteiger partial charge is 0.308 e. The van der Waals surface area contributed by atoms with Gasteiger partial charge in [0.1, 0.15) is 0 Å². The molecular formula is C11H17N3S. The number of rotatable bonds is 3. The molecule has 1 N–H and O–H groups in total. The number of hydrogen-bond acceptors (Lipinski definition) is 4. The predicted octanol–water partition coefficient (Wildman–Crippen LogP) is 1.77. The van der Waals surface area contributed by atoms with Gasteiger partial charge in [-0.05, 0) is 31.3 Å². The average Bonchev–Trinajstić information content (AvgIpc) is 2.30. The van der Waals surface area contributed by atoms with E-state index in [2.05, 4.69) is 27.0 Å². The van der Waals surface area contributed by atoms with Crippen LogP contribution in [0, 0.1) is 6.92 Å². The van der Waals surface area contributed by atoms with Crippen molar-refractivity contribution in [1.29, 1.82) is 0 Å². The van der Waals surface area contributed by atoms with Crippen molar-refractivity contribution in [3.8, 4) is 0 Å². The summed E-state index contributed by atoms with van der Waals surface area (Å²) in [7, 11) is 0. The standard InChI is InChI=1S/C11H17N3S/c1-9-6-13-11(7-12-9)8-14-10-2-4-15-5-3-10/h6-7,10,14H,2-5,8H2,1H3. The fraction of sp³-hybridized carbons (Fsp3) is 0.636. The summed E-state index contributed by atoms with van der Waals surface area (Å²) in [6.45, 7) is 2.81. The highest BCUT2D eigenvalue weighted by Crippen LogP contribution is 2.16. The van der Waals surface area contributed by atoms with Crippen molar-refractivity contribution < 1.29 is 0 Å². The minimum Gasteiger partial charge on any atom is -0.308 e. The fourth-order valence-electron chi connectivity index (χ4n) is 1.66. The van der Waals surface area contributed by atoms with Crippen molar-refractivity contribution in [2.75, 3.05) is 11.5 Å². The Morgan fingerprint density at radius 2 is 2.13 bits per heavy atom. The Morgan fingerprint density at radius 1 is 1.33 bits per heavy atom. The Balaban J connectivity index is 1.79. The molecule has 4 heteroatoms. The van der Waals surface area contributed by atoms with E-state index in [1.165, 1.54) is 24.3 Å². The number of aryl methyl sites for hydroxylation is 1. The highest BCUT2D eigenvalue weighted by Gasteiger charge is 2.12. The molecule has 3 nitrogen and oxygen atoms in total. The van der Waals surface area contributed by atoms with Crippen molar-refractivity contribution >= 4 is 11.8 Å². The third kappa shape index (κ3) is 3.47. The zero-order valence-corrected chi connectivity index (χ0v) is 9.89. The highest BCUT2D eigenvalue weighted by atomic mass is 32.2. The van der Waals surface area contributed by atoms with Gasteiger partial charge in [-0.1, -0.05) is 0 Å². The second-order valence-corrected chi connectivity index (χ2v) is 5.14. The van der Waals surface area contributed by atoms with Crippen LogP contribution in [0.25, 0.3) is 0 Å². The number of aromatic nitrogens is 2. The van der Waals surface area contributed by atoms with Gasteiger partial charge in [-0.3, -0.25) is 9.97 Å². The molecule has 0 unspecified atom stereocenters. The number of thioether (sulfide) groups is 1. The first-order valence-corrected chi connectivity index (χ1v) is 6.59. The van der Waals surface area contributed by atoms with Crippen LogP contribution >= 0.6 is 11.8 Å². The first-order chi connectivity index (χ1) is 7.34. The molecule has 0 radical (unpaired) electrons. The van der Waals surface area contributed by atoms with E-state index in [0.717, 1.165) is 17.9 Å². The van der Waals surface area contributed by atoms with Gasteiger partial charge in [0, 0.05) is 25.0 Å². The van der Waals surface area contributed by atoms with Gasteiger partial charge >= 0.3 is 0 Å². The lowest BCUT2D eigenvalue weighted by molar-refractivity contribution is 0.478. The van der Waals surface area contributed by atoms with Crippen LogP contribution in [-0.2, 0) is 6.54 Å². The lowest BCUT2D eigenvalue weighted by Crippen LogP contribution is -2.32. The van der Waals surface area contributed by atoms with Crippen molar-refractivity contribution in [3.63, 3.8) is 0 Å². The molecule has 1 saturated heterocycles. The van der Waals surface area contributed by atoms with Gasteiger partial charge in [-0.2, -0.15) is 11.8 Å². The molecule has 15 heavy (non-hydrogen) atoms. The van der Waals surface area contributed by atoms with Crippen LogP contribution in [0.1, 0.15) is 24.2 Å². The molecule has 0 aromatic carbocycles. The van der Waals surface area contributed by atoms with E-state index in [0.29, 0.717) is 6.04 Å². The average molecular weight is 223 g/mol. The van der Waals surface area contributed by atoms with Crippen LogP contribution in [0.3, 0.4) is 0 Å². The van der Waals surface area contributed by atoms with Crippen LogP contribution in [0.5, 0.6) is 0 Å². The van der Waals surface area contributed by atoms with Crippen molar-refractivity contribution in [2.45, 2.75) is 32.4 Å². The Kier molecular flexibility index (Phi) is 3.97. The Hall–Kier alpha value is -0.610. The van der Waals surface area contributed by atoms with Gasteiger partial charge in [0.15, 0.2) is 0 Å². The molecule has 2 heterocycles. The minimum absolute atomic E-state index is 0.675. The maximum Gasteiger partial charge on any atom is 0.0724 e. The van der Waals surface area contributed by atoms with E-state index in [4.69, 9.17) is 0 Å². The molecule has 0 atom stereocenters. The third-order valence-electron chi connectivity index (χ3n) is 2.63. The quantitative estimate of drug-likeness (QED) is 0.847. The maximum absolute atomic E-state index is 4.33. The van der Waals surface area contributed by atoms with E-state index < -0.39 is 0 Å². The second kappa shape index (κ2) is 5.47. The van der Waals surface area contributed by atoms with Crippen molar-refractivity contribution in [3.05, 3.63) is 23.8 Å². The summed E-state index contributed by atoms with van der Waals surface area (Å²) in [5.41, 5.74) is 2.02. The van der Waals surface area contributed by atoms with E-state index in [9.17, 15) is 0 Å². The molecule has 1 aliphatic heterocycles. The maximum atomic E-state index is 4.33. The summed E-state index contributed by atoms with van der Waals surface area (Å²) >= 11 is 2.05. The second-order valence-electron chi connectivity index (χ2n) is 3.92. The monoisotopic (exact) mass is 223 g/mol. The van der Waals surface area contributed by atoms with E-state index in [1.807, 2.05) is 19.3 Å². The molecule has 0 saturated carbocycles. The van der Waals surface area contributed by atoms with Crippen LogP contribution in [-0.4, -0.2) is 27.5 Å². The molecule has 0 bridgehead atoms. The number of nitrogens with one attached hydrogen (secondary N) is 1. The summed E-state index contributed by atoms with van der Waals surface area (Å²) < 4.78 is 0. The molecule has 0 aliphatic carbocycles. The van der Waals surface area contributed by atoms with Gasteiger partial charge in [0.2, 0.25) is 0 Å². The molecule has 1 fully saturated rings. The summed E-state index contributed by atoms with van der Waals surface area (Å²) in [4.78, 5) is 8.57. The first kappa shape index (κ1) is 10.9. The number of nitrogens with zero attached hydrogens (tertiary/aromatic N) is 2.